The highest BCUT2D eigenvalue weighted by atomic mass is 32.2. The number of hydrogen-bond donors (Lipinski definition) is 1. The van der Waals surface area contributed by atoms with Crippen LogP contribution in [-0.4, -0.2) is 27.7 Å². The molecule has 1 aliphatic carbocycles. The Morgan fingerprint density at radius 1 is 1.42 bits per heavy atom. The second-order valence-corrected chi connectivity index (χ2v) is 8.21. The van der Waals surface area contributed by atoms with Gasteiger partial charge in [0.1, 0.15) is 0 Å². The highest BCUT2D eigenvalue weighted by Gasteiger charge is 2.36. The van der Waals surface area contributed by atoms with Crippen LogP contribution in [0, 0.1) is 12.3 Å². The van der Waals surface area contributed by atoms with Crippen molar-refractivity contribution >= 4 is 17.7 Å². The number of nitrogens with one attached hydrogen (secondary N) is 1. The van der Waals surface area contributed by atoms with Crippen molar-refractivity contribution in [3.8, 4) is 5.69 Å². The van der Waals surface area contributed by atoms with Gasteiger partial charge in [-0.15, -0.1) is 0 Å². The molecule has 24 heavy (non-hydrogen) atoms. The number of amides is 1. The van der Waals surface area contributed by atoms with Crippen LogP contribution in [0.2, 0.25) is 0 Å². The fourth-order valence-corrected chi connectivity index (χ4v) is 3.89. The third-order valence-corrected chi connectivity index (χ3v) is 5.18. The SMILES string of the molecule is CSCC(=O)N[C@H]1CC(C)(C)Cc2c1cnn2-c1ccccc1C. The van der Waals surface area contributed by atoms with Crippen LogP contribution in [0.25, 0.3) is 5.69 Å². The summed E-state index contributed by atoms with van der Waals surface area (Å²) >= 11 is 1.55. The monoisotopic (exact) mass is 343 g/mol. The van der Waals surface area contributed by atoms with Crippen LogP contribution >= 0.6 is 11.8 Å². The van der Waals surface area contributed by atoms with Gasteiger partial charge in [0, 0.05) is 5.56 Å². The zero-order valence-electron chi connectivity index (χ0n) is 14.8. The molecule has 0 unspecified atom stereocenters. The highest BCUT2D eigenvalue weighted by molar-refractivity contribution is 7.99. The molecule has 1 heterocycles. The fraction of sp³-hybridized carbons (Fsp3) is 0.474. The normalized spacial score (nSPS) is 18.9. The van der Waals surface area contributed by atoms with Crippen molar-refractivity contribution in [2.45, 2.75) is 39.7 Å². The van der Waals surface area contributed by atoms with E-state index in [1.807, 2.05) is 24.6 Å². The second kappa shape index (κ2) is 6.63. The molecule has 1 aromatic carbocycles. The van der Waals surface area contributed by atoms with Crippen LogP contribution < -0.4 is 5.32 Å². The largest absolute Gasteiger partial charge is 0.348 e. The standard InChI is InChI=1S/C19H25N3OS/c1-13-7-5-6-8-16(13)22-17-10-19(2,3)9-15(14(17)11-20-22)21-18(23)12-24-4/h5-8,11,15H,9-10,12H2,1-4H3,(H,21,23)/t15-/m0/s1. The van der Waals surface area contributed by atoms with E-state index in [0.29, 0.717) is 5.75 Å². The topological polar surface area (TPSA) is 46.9 Å². The van der Waals surface area contributed by atoms with Crippen LogP contribution in [0.15, 0.2) is 30.5 Å². The van der Waals surface area contributed by atoms with Gasteiger partial charge in [-0.25, -0.2) is 4.68 Å². The minimum atomic E-state index is 0.0427. The number of fused-ring (bicyclic) bond motifs is 1. The summed E-state index contributed by atoms with van der Waals surface area (Å²) in [5.74, 6) is 0.595. The average molecular weight is 343 g/mol. The van der Waals surface area contributed by atoms with Crippen LogP contribution in [0.4, 0.5) is 0 Å². The van der Waals surface area contributed by atoms with Crippen molar-refractivity contribution in [2.24, 2.45) is 5.41 Å². The molecule has 0 spiro atoms. The minimum Gasteiger partial charge on any atom is -0.348 e. The van der Waals surface area contributed by atoms with Gasteiger partial charge in [-0.3, -0.25) is 4.79 Å². The molecule has 0 saturated carbocycles. The molecule has 1 amide bonds. The Labute approximate surface area is 148 Å². The number of rotatable bonds is 4. The minimum absolute atomic E-state index is 0.0427. The lowest BCUT2D eigenvalue weighted by Gasteiger charge is -2.36. The van der Waals surface area contributed by atoms with E-state index in [-0.39, 0.29) is 17.4 Å². The number of nitrogens with zero attached hydrogens (tertiary/aromatic N) is 2. The Kier molecular flexibility index (Phi) is 4.72. The van der Waals surface area contributed by atoms with Gasteiger partial charge < -0.3 is 5.32 Å². The van der Waals surface area contributed by atoms with Gasteiger partial charge >= 0.3 is 0 Å². The van der Waals surface area contributed by atoms with E-state index in [1.165, 1.54) is 11.3 Å². The van der Waals surface area contributed by atoms with Gasteiger partial charge in [0.15, 0.2) is 0 Å². The Balaban J connectivity index is 2.00. The predicted molar refractivity (Wildman–Crippen MR) is 99.7 cm³/mol. The Bertz CT molecular complexity index is 751. The summed E-state index contributed by atoms with van der Waals surface area (Å²) in [6, 6.07) is 8.34. The average Bonchev–Trinajstić information content (AvgIpc) is 2.90. The second-order valence-electron chi connectivity index (χ2n) is 7.34. The zero-order valence-corrected chi connectivity index (χ0v) is 15.6. The molecule has 5 heteroatoms. The van der Waals surface area contributed by atoms with E-state index < -0.39 is 0 Å². The first-order valence-corrected chi connectivity index (χ1v) is 9.72. The molecule has 3 rings (SSSR count). The van der Waals surface area contributed by atoms with Gasteiger partial charge in [-0.1, -0.05) is 32.0 Å². The highest BCUT2D eigenvalue weighted by Crippen LogP contribution is 2.41. The van der Waals surface area contributed by atoms with Crippen LogP contribution in [0.1, 0.15) is 43.1 Å². The molecule has 4 nitrogen and oxygen atoms in total. The van der Waals surface area contributed by atoms with Crippen molar-refractivity contribution in [1.82, 2.24) is 15.1 Å². The molecule has 0 aliphatic heterocycles. The summed E-state index contributed by atoms with van der Waals surface area (Å²) in [5.41, 5.74) is 4.83. The molecule has 0 saturated heterocycles. The Hall–Kier alpha value is -1.75. The molecular formula is C19H25N3OS. The van der Waals surface area contributed by atoms with Crippen molar-refractivity contribution < 1.29 is 4.79 Å². The maximum atomic E-state index is 12.1. The molecule has 2 aromatic rings. The third kappa shape index (κ3) is 3.36. The Morgan fingerprint density at radius 2 is 2.17 bits per heavy atom. The first-order chi connectivity index (χ1) is 11.4. The number of thioether (sulfide) groups is 1. The summed E-state index contributed by atoms with van der Waals surface area (Å²) in [7, 11) is 0. The van der Waals surface area contributed by atoms with Crippen molar-refractivity contribution in [3.05, 3.63) is 47.3 Å². The number of aromatic nitrogens is 2. The maximum Gasteiger partial charge on any atom is 0.230 e. The molecule has 1 N–H and O–H groups in total. The number of carbonyl (C=O) groups is 1. The van der Waals surface area contributed by atoms with Crippen molar-refractivity contribution in [3.63, 3.8) is 0 Å². The van der Waals surface area contributed by atoms with Crippen LogP contribution in [0.5, 0.6) is 0 Å². The molecule has 1 atom stereocenters. The summed E-state index contributed by atoms with van der Waals surface area (Å²) in [4.78, 5) is 12.1. The lowest BCUT2D eigenvalue weighted by molar-refractivity contribution is -0.119. The molecular weight excluding hydrogens is 318 g/mol. The molecule has 1 aromatic heterocycles. The van der Waals surface area contributed by atoms with Crippen molar-refractivity contribution in [2.75, 3.05) is 12.0 Å². The first kappa shape index (κ1) is 17.1. The third-order valence-electron chi connectivity index (χ3n) is 4.63. The number of carbonyl (C=O) groups excluding carboxylic acids is 1. The molecule has 0 fully saturated rings. The van der Waals surface area contributed by atoms with E-state index in [0.717, 1.165) is 24.1 Å². The molecule has 128 valence electrons. The molecule has 0 radical (unpaired) electrons. The van der Waals surface area contributed by atoms with E-state index in [9.17, 15) is 4.79 Å². The molecule has 0 bridgehead atoms. The smallest absolute Gasteiger partial charge is 0.230 e. The zero-order chi connectivity index (χ0) is 17.3. The summed E-state index contributed by atoms with van der Waals surface area (Å²) < 4.78 is 2.05. The van der Waals surface area contributed by atoms with Gasteiger partial charge in [0.05, 0.1) is 29.4 Å². The van der Waals surface area contributed by atoms with Gasteiger partial charge in [0.25, 0.3) is 0 Å². The predicted octanol–water partition coefficient (Wildman–Crippen LogP) is 3.67. The summed E-state index contributed by atoms with van der Waals surface area (Å²) in [6.45, 7) is 6.63. The van der Waals surface area contributed by atoms with Gasteiger partial charge in [0.2, 0.25) is 5.91 Å². The van der Waals surface area contributed by atoms with Crippen LogP contribution in [-0.2, 0) is 11.2 Å². The number of hydrogen-bond acceptors (Lipinski definition) is 3. The lowest BCUT2D eigenvalue weighted by Crippen LogP contribution is -2.37. The first-order valence-electron chi connectivity index (χ1n) is 8.32. The summed E-state index contributed by atoms with van der Waals surface area (Å²) in [5, 5.41) is 7.86. The van der Waals surface area contributed by atoms with Crippen molar-refractivity contribution in [1.29, 1.82) is 0 Å². The van der Waals surface area contributed by atoms with E-state index in [1.54, 1.807) is 11.8 Å². The quantitative estimate of drug-likeness (QED) is 0.921. The van der Waals surface area contributed by atoms with Gasteiger partial charge in [-0.2, -0.15) is 16.9 Å². The fourth-order valence-electron chi connectivity index (χ4n) is 3.55. The molecule has 1 aliphatic rings. The van der Waals surface area contributed by atoms with E-state index in [4.69, 9.17) is 0 Å². The van der Waals surface area contributed by atoms with Crippen LogP contribution in [0.3, 0.4) is 0 Å². The van der Waals surface area contributed by atoms with E-state index in [2.05, 4.69) is 48.0 Å². The van der Waals surface area contributed by atoms with E-state index >= 15 is 0 Å². The number of para-hydroxylation sites is 1. The number of benzene rings is 1. The number of aryl methyl sites for hydroxylation is 1. The summed E-state index contributed by atoms with van der Waals surface area (Å²) in [6.07, 6.45) is 5.79. The Morgan fingerprint density at radius 3 is 2.88 bits per heavy atom. The lowest BCUT2D eigenvalue weighted by atomic mass is 9.74. The van der Waals surface area contributed by atoms with Gasteiger partial charge in [-0.05, 0) is 43.1 Å². The maximum absolute atomic E-state index is 12.1.